The summed E-state index contributed by atoms with van der Waals surface area (Å²) in [6.45, 7) is 4.63. The Morgan fingerprint density at radius 3 is 2.19 bits per heavy atom. The number of aryl methyl sites for hydroxylation is 2. The molecule has 1 N–H and O–H groups in total. The van der Waals surface area contributed by atoms with Gasteiger partial charge in [-0.3, -0.25) is 0 Å². The molecule has 0 unspecified atom stereocenters. The van der Waals surface area contributed by atoms with Gasteiger partial charge in [-0.2, -0.15) is 0 Å². The van der Waals surface area contributed by atoms with Gasteiger partial charge in [-0.05, 0) is 36.1 Å². The maximum atomic E-state index is 12.7. The molecule has 0 aliphatic carbocycles. The number of nitrogens with zero attached hydrogens (tertiary/aromatic N) is 1. The van der Waals surface area contributed by atoms with E-state index in [-0.39, 0.29) is 6.03 Å². The zero-order chi connectivity index (χ0) is 19.1. The molecule has 0 aliphatic heterocycles. The second-order valence-corrected chi connectivity index (χ2v) is 6.12. The first-order valence-corrected chi connectivity index (χ1v) is 8.87. The number of carbonyl (C=O) groups is 1. The van der Waals surface area contributed by atoms with Gasteiger partial charge >= 0.3 is 6.03 Å². The van der Waals surface area contributed by atoms with E-state index in [1.165, 1.54) is 0 Å². The number of methoxy groups -OCH3 is 2. The summed E-state index contributed by atoms with van der Waals surface area (Å²) >= 11 is 0. The van der Waals surface area contributed by atoms with Gasteiger partial charge in [0.25, 0.3) is 0 Å². The largest absolute Gasteiger partial charge is 0.497 e. The number of anilines is 1. The molecule has 2 aromatic rings. The van der Waals surface area contributed by atoms with Crippen LogP contribution in [0.25, 0.3) is 0 Å². The number of amides is 2. The van der Waals surface area contributed by atoms with E-state index in [0.717, 1.165) is 41.0 Å². The van der Waals surface area contributed by atoms with Crippen molar-refractivity contribution in [3.63, 3.8) is 0 Å². The van der Waals surface area contributed by atoms with Crippen LogP contribution < -0.4 is 14.8 Å². The van der Waals surface area contributed by atoms with E-state index in [4.69, 9.17) is 9.47 Å². The summed E-state index contributed by atoms with van der Waals surface area (Å²) in [4.78, 5) is 14.4. The molecule has 0 bridgehead atoms. The van der Waals surface area contributed by atoms with Crippen molar-refractivity contribution in [1.82, 2.24) is 4.90 Å². The van der Waals surface area contributed by atoms with Crippen molar-refractivity contribution >= 4 is 11.7 Å². The minimum atomic E-state index is -0.140. The van der Waals surface area contributed by atoms with Crippen LogP contribution in [0.5, 0.6) is 11.5 Å². The average molecular weight is 356 g/mol. The molecule has 26 heavy (non-hydrogen) atoms. The predicted molar refractivity (Wildman–Crippen MR) is 105 cm³/mol. The fourth-order valence-electron chi connectivity index (χ4n) is 2.92. The van der Waals surface area contributed by atoms with Gasteiger partial charge in [0.1, 0.15) is 11.5 Å². The maximum Gasteiger partial charge on any atom is 0.321 e. The smallest absolute Gasteiger partial charge is 0.321 e. The van der Waals surface area contributed by atoms with E-state index >= 15 is 0 Å². The van der Waals surface area contributed by atoms with Gasteiger partial charge < -0.3 is 19.7 Å². The molecule has 0 aliphatic rings. The molecule has 0 saturated carbocycles. The lowest BCUT2D eigenvalue weighted by molar-refractivity contribution is 0.220. The SMILES string of the molecule is CCc1cccc(CC)c1NC(=O)N(C)Cc1ccc(OC)cc1OC. The number of para-hydroxylation sites is 1. The van der Waals surface area contributed by atoms with Gasteiger partial charge in [-0.25, -0.2) is 4.79 Å². The third-order valence-electron chi connectivity index (χ3n) is 4.48. The van der Waals surface area contributed by atoms with E-state index in [9.17, 15) is 4.79 Å². The molecule has 0 aromatic heterocycles. The monoisotopic (exact) mass is 356 g/mol. The van der Waals surface area contributed by atoms with Crippen LogP contribution in [0.3, 0.4) is 0 Å². The molecule has 2 aromatic carbocycles. The summed E-state index contributed by atoms with van der Waals surface area (Å²) in [6, 6.07) is 11.6. The molecule has 0 heterocycles. The molecule has 2 rings (SSSR count). The van der Waals surface area contributed by atoms with E-state index in [2.05, 4.69) is 31.3 Å². The van der Waals surface area contributed by atoms with Crippen molar-refractivity contribution in [2.45, 2.75) is 33.2 Å². The lowest BCUT2D eigenvalue weighted by atomic mass is 10.0. The molecule has 2 amide bonds. The van der Waals surface area contributed by atoms with E-state index < -0.39 is 0 Å². The molecule has 0 saturated heterocycles. The summed E-state index contributed by atoms with van der Waals surface area (Å²) in [5.41, 5.74) is 4.14. The van der Waals surface area contributed by atoms with Crippen molar-refractivity contribution in [2.75, 3.05) is 26.6 Å². The second kappa shape index (κ2) is 9.13. The summed E-state index contributed by atoms with van der Waals surface area (Å²) in [6.07, 6.45) is 1.75. The average Bonchev–Trinajstić information content (AvgIpc) is 2.68. The minimum Gasteiger partial charge on any atom is -0.497 e. The third kappa shape index (κ3) is 4.48. The quantitative estimate of drug-likeness (QED) is 0.795. The van der Waals surface area contributed by atoms with Crippen LogP contribution >= 0.6 is 0 Å². The first-order chi connectivity index (χ1) is 12.5. The molecule has 0 spiro atoms. The highest BCUT2D eigenvalue weighted by molar-refractivity contribution is 5.91. The number of rotatable bonds is 7. The van der Waals surface area contributed by atoms with Crippen LogP contribution in [0.2, 0.25) is 0 Å². The Morgan fingerprint density at radius 2 is 1.65 bits per heavy atom. The molecule has 5 heteroatoms. The number of hydrogen-bond acceptors (Lipinski definition) is 3. The van der Waals surface area contributed by atoms with Gasteiger partial charge in [0.15, 0.2) is 0 Å². The first-order valence-electron chi connectivity index (χ1n) is 8.87. The molecule has 140 valence electrons. The lowest BCUT2D eigenvalue weighted by Crippen LogP contribution is -2.31. The second-order valence-electron chi connectivity index (χ2n) is 6.12. The molecule has 0 radical (unpaired) electrons. The standard InChI is InChI=1S/C21H28N2O3/c1-6-15-9-8-10-16(7-2)20(15)22-21(24)23(3)14-17-11-12-18(25-4)13-19(17)26-5/h8-13H,6-7,14H2,1-5H3,(H,22,24). The Balaban J connectivity index is 2.16. The van der Waals surface area contributed by atoms with Gasteiger partial charge in [-0.15, -0.1) is 0 Å². The molecule has 5 nitrogen and oxygen atoms in total. The molecule has 0 fully saturated rings. The van der Waals surface area contributed by atoms with Crippen LogP contribution in [0.1, 0.15) is 30.5 Å². The highest BCUT2D eigenvalue weighted by Crippen LogP contribution is 2.26. The number of hydrogen-bond donors (Lipinski definition) is 1. The van der Waals surface area contributed by atoms with E-state index in [0.29, 0.717) is 12.3 Å². The third-order valence-corrected chi connectivity index (χ3v) is 4.48. The summed E-state index contributed by atoms with van der Waals surface area (Å²) in [5, 5.41) is 3.08. The van der Waals surface area contributed by atoms with Crippen LogP contribution in [0, 0.1) is 0 Å². The van der Waals surface area contributed by atoms with Gasteiger partial charge in [0, 0.05) is 24.4 Å². The summed E-state index contributed by atoms with van der Waals surface area (Å²) < 4.78 is 10.6. The van der Waals surface area contributed by atoms with Gasteiger partial charge in [-0.1, -0.05) is 32.0 Å². The Hall–Kier alpha value is -2.69. The zero-order valence-electron chi connectivity index (χ0n) is 16.3. The van der Waals surface area contributed by atoms with Crippen LogP contribution in [-0.4, -0.2) is 32.2 Å². The normalized spacial score (nSPS) is 10.3. The van der Waals surface area contributed by atoms with Crippen LogP contribution in [0.4, 0.5) is 10.5 Å². The van der Waals surface area contributed by atoms with Crippen molar-refractivity contribution in [3.8, 4) is 11.5 Å². The van der Waals surface area contributed by atoms with E-state index in [1.807, 2.05) is 24.3 Å². The number of benzene rings is 2. The van der Waals surface area contributed by atoms with Crippen LogP contribution in [0.15, 0.2) is 36.4 Å². The number of nitrogens with one attached hydrogen (secondary N) is 1. The van der Waals surface area contributed by atoms with Crippen molar-refractivity contribution in [2.24, 2.45) is 0 Å². The van der Waals surface area contributed by atoms with Gasteiger partial charge in [0.2, 0.25) is 0 Å². The maximum absolute atomic E-state index is 12.7. The molecular weight excluding hydrogens is 328 g/mol. The number of urea groups is 1. The fourth-order valence-corrected chi connectivity index (χ4v) is 2.92. The topological polar surface area (TPSA) is 50.8 Å². The van der Waals surface area contributed by atoms with Crippen molar-refractivity contribution in [1.29, 1.82) is 0 Å². The summed E-state index contributed by atoms with van der Waals surface area (Å²) in [5.74, 6) is 1.43. The summed E-state index contributed by atoms with van der Waals surface area (Å²) in [7, 11) is 5.01. The lowest BCUT2D eigenvalue weighted by Gasteiger charge is -2.22. The van der Waals surface area contributed by atoms with E-state index in [1.54, 1.807) is 26.2 Å². The highest BCUT2D eigenvalue weighted by atomic mass is 16.5. The fraction of sp³-hybridized carbons (Fsp3) is 0.381. The zero-order valence-corrected chi connectivity index (χ0v) is 16.3. The molecular formula is C21H28N2O3. The first kappa shape index (κ1) is 19.6. The predicted octanol–water partition coefficient (Wildman–Crippen LogP) is 4.49. The minimum absolute atomic E-state index is 0.140. The Morgan fingerprint density at radius 1 is 1.00 bits per heavy atom. The van der Waals surface area contributed by atoms with Gasteiger partial charge in [0.05, 0.1) is 20.8 Å². The number of ether oxygens (including phenoxy) is 2. The molecule has 0 atom stereocenters. The Kier molecular flexibility index (Phi) is 6.89. The Labute approximate surface area is 155 Å². The van der Waals surface area contributed by atoms with Crippen LogP contribution in [-0.2, 0) is 19.4 Å². The van der Waals surface area contributed by atoms with Crippen molar-refractivity contribution in [3.05, 3.63) is 53.1 Å². The Bertz CT molecular complexity index is 737. The number of carbonyl (C=O) groups excluding carboxylic acids is 1. The van der Waals surface area contributed by atoms with Crippen molar-refractivity contribution < 1.29 is 14.3 Å². The highest BCUT2D eigenvalue weighted by Gasteiger charge is 2.15.